The molecule has 6 heteroatoms. The Labute approximate surface area is 169 Å². The first-order valence-corrected chi connectivity index (χ1v) is 9.69. The zero-order chi connectivity index (χ0) is 20.4. The van der Waals surface area contributed by atoms with Crippen LogP contribution in [0.25, 0.3) is 11.5 Å². The normalized spacial score (nSPS) is 12.7. The minimum Gasteiger partial charge on any atom is -0.441 e. The third-order valence-corrected chi connectivity index (χ3v) is 5.11. The van der Waals surface area contributed by atoms with Crippen molar-refractivity contribution in [3.63, 3.8) is 0 Å². The molecule has 1 N–H and O–H groups in total. The van der Waals surface area contributed by atoms with Crippen LogP contribution in [-0.4, -0.2) is 29.9 Å². The summed E-state index contributed by atoms with van der Waals surface area (Å²) in [4.78, 5) is 31.1. The van der Waals surface area contributed by atoms with Gasteiger partial charge in [-0.25, -0.2) is 4.98 Å². The number of rotatable bonds is 5. The van der Waals surface area contributed by atoms with Crippen molar-refractivity contribution >= 4 is 17.5 Å². The van der Waals surface area contributed by atoms with E-state index in [1.165, 1.54) is 0 Å². The number of nitrogens with one attached hydrogen (secondary N) is 1. The highest BCUT2D eigenvalue weighted by Crippen LogP contribution is 2.27. The lowest BCUT2D eigenvalue weighted by atomic mass is 10.1. The molecule has 29 heavy (non-hydrogen) atoms. The Morgan fingerprint density at radius 3 is 2.79 bits per heavy atom. The van der Waals surface area contributed by atoms with Gasteiger partial charge in [0.25, 0.3) is 0 Å². The van der Waals surface area contributed by atoms with Crippen molar-refractivity contribution in [1.29, 1.82) is 0 Å². The van der Waals surface area contributed by atoms with Gasteiger partial charge in [0, 0.05) is 17.8 Å². The van der Waals surface area contributed by atoms with Crippen LogP contribution in [0.2, 0.25) is 0 Å². The minimum absolute atomic E-state index is 0.0329. The van der Waals surface area contributed by atoms with Gasteiger partial charge in [-0.05, 0) is 44.0 Å². The molecule has 0 aliphatic carbocycles. The van der Waals surface area contributed by atoms with E-state index in [1.807, 2.05) is 55.5 Å². The summed E-state index contributed by atoms with van der Waals surface area (Å²) in [6.45, 7) is 4.41. The molecular weight excluding hydrogens is 366 g/mol. The van der Waals surface area contributed by atoms with Crippen LogP contribution >= 0.6 is 0 Å². The second-order valence-electron chi connectivity index (χ2n) is 7.27. The summed E-state index contributed by atoms with van der Waals surface area (Å²) in [6.07, 6.45) is 0.917. The van der Waals surface area contributed by atoms with Crippen LogP contribution in [0.3, 0.4) is 0 Å². The van der Waals surface area contributed by atoms with Crippen molar-refractivity contribution < 1.29 is 14.0 Å². The third kappa shape index (κ3) is 4.06. The summed E-state index contributed by atoms with van der Waals surface area (Å²) in [7, 11) is 0. The van der Waals surface area contributed by atoms with Gasteiger partial charge in [-0.1, -0.05) is 35.9 Å². The second-order valence-corrected chi connectivity index (χ2v) is 7.27. The molecule has 4 rings (SSSR count). The highest BCUT2D eigenvalue weighted by Gasteiger charge is 2.24. The lowest BCUT2D eigenvalue weighted by Gasteiger charge is -2.17. The topological polar surface area (TPSA) is 75.4 Å². The number of hydrogen-bond acceptors (Lipinski definition) is 4. The second kappa shape index (κ2) is 7.91. The van der Waals surface area contributed by atoms with E-state index in [4.69, 9.17) is 4.42 Å². The van der Waals surface area contributed by atoms with Crippen molar-refractivity contribution in [2.45, 2.75) is 26.7 Å². The highest BCUT2D eigenvalue weighted by molar-refractivity contribution is 5.98. The fourth-order valence-corrected chi connectivity index (χ4v) is 3.58. The number of amides is 2. The molecule has 148 valence electrons. The maximum atomic E-state index is 12.5. The van der Waals surface area contributed by atoms with Gasteiger partial charge in [-0.15, -0.1) is 0 Å². The van der Waals surface area contributed by atoms with Crippen LogP contribution in [-0.2, 0) is 22.4 Å². The fourth-order valence-electron chi connectivity index (χ4n) is 3.58. The molecule has 2 aromatic carbocycles. The van der Waals surface area contributed by atoms with Crippen LogP contribution < -0.4 is 10.2 Å². The van der Waals surface area contributed by atoms with Crippen LogP contribution in [0.4, 0.5) is 5.69 Å². The molecule has 0 saturated carbocycles. The van der Waals surface area contributed by atoms with E-state index in [9.17, 15) is 9.59 Å². The van der Waals surface area contributed by atoms with Crippen LogP contribution in [0, 0.1) is 13.8 Å². The smallest absolute Gasteiger partial charge is 0.246 e. The number of aromatic nitrogens is 1. The lowest BCUT2D eigenvalue weighted by molar-refractivity contribution is -0.124. The van der Waals surface area contributed by atoms with Gasteiger partial charge in [0.15, 0.2) is 0 Å². The van der Waals surface area contributed by atoms with Crippen LogP contribution in [0.15, 0.2) is 52.9 Å². The number of oxazole rings is 1. The van der Waals surface area contributed by atoms with Crippen molar-refractivity contribution in [2.75, 3.05) is 18.0 Å². The van der Waals surface area contributed by atoms with E-state index in [-0.39, 0.29) is 24.8 Å². The van der Waals surface area contributed by atoms with Gasteiger partial charge < -0.3 is 14.6 Å². The zero-order valence-corrected chi connectivity index (χ0v) is 16.6. The third-order valence-electron chi connectivity index (χ3n) is 5.11. The fraction of sp³-hybridized carbons (Fsp3) is 0.261. The predicted octanol–water partition coefficient (Wildman–Crippen LogP) is 3.21. The quantitative estimate of drug-likeness (QED) is 0.727. The summed E-state index contributed by atoms with van der Waals surface area (Å²) in [6, 6.07) is 15.7. The van der Waals surface area contributed by atoms with Crippen molar-refractivity contribution in [3.8, 4) is 11.5 Å². The van der Waals surface area contributed by atoms with E-state index in [1.54, 1.807) is 11.8 Å². The van der Waals surface area contributed by atoms with E-state index < -0.39 is 0 Å². The molecule has 0 atom stereocenters. The summed E-state index contributed by atoms with van der Waals surface area (Å²) in [5.41, 5.74) is 4.66. The molecule has 1 aliphatic rings. The highest BCUT2D eigenvalue weighted by atomic mass is 16.4. The average molecular weight is 389 g/mol. The first kappa shape index (κ1) is 18.9. The number of anilines is 1. The molecule has 3 aromatic rings. The number of carbonyl (C=O) groups excluding carboxylic acids is 2. The van der Waals surface area contributed by atoms with E-state index >= 15 is 0 Å². The molecule has 0 bridgehead atoms. The molecule has 0 radical (unpaired) electrons. The first-order valence-electron chi connectivity index (χ1n) is 9.69. The maximum Gasteiger partial charge on any atom is 0.246 e. The Kier molecular flexibility index (Phi) is 5.16. The number of aryl methyl sites for hydroxylation is 2. The van der Waals surface area contributed by atoms with Crippen LogP contribution in [0.5, 0.6) is 0 Å². The molecule has 2 heterocycles. The minimum atomic E-state index is -0.252. The molecule has 0 saturated heterocycles. The number of para-hydroxylation sites is 1. The van der Waals surface area contributed by atoms with Gasteiger partial charge in [0.2, 0.25) is 17.7 Å². The molecule has 0 fully saturated rings. The monoisotopic (exact) mass is 389 g/mol. The molecule has 1 aliphatic heterocycles. The van der Waals surface area contributed by atoms with Crippen molar-refractivity contribution in [2.24, 2.45) is 0 Å². The number of fused-ring (bicyclic) bond motifs is 1. The lowest BCUT2D eigenvalue weighted by Crippen LogP contribution is -2.40. The molecule has 0 spiro atoms. The summed E-state index contributed by atoms with van der Waals surface area (Å²) < 4.78 is 5.74. The Hall–Kier alpha value is -3.41. The first-order chi connectivity index (χ1) is 14.0. The van der Waals surface area contributed by atoms with Crippen molar-refractivity contribution in [1.82, 2.24) is 10.3 Å². The largest absolute Gasteiger partial charge is 0.441 e. The number of nitrogens with zero attached hydrogens (tertiary/aromatic N) is 2. The summed E-state index contributed by atoms with van der Waals surface area (Å²) in [5, 5.41) is 2.71. The average Bonchev–Trinajstić information content (AvgIpc) is 3.30. The summed E-state index contributed by atoms with van der Waals surface area (Å²) >= 11 is 0. The Morgan fingerprint density at radius 2 is 1.97 bits per heavy atom. The van der Waals surface area contributed by atoms with Crippen LogP contribution in [0.1, 0.15) is 22.6 Å². The van der Waals surface area contributed by atoms with Gasteiger partial charge in [-0.2, -0.15) is 0 Å². The molecule has 0 unspecified atom stereocenters. The van der Waals surface area contributed by atoms with E-state index in [0.29, 0.717) is 23.9 Å². The molecule has 1 aromatic heterocycles. The van der Waals surface area contributed by atoms with Gasteiger partial charge >= 0.3 is 0 Å². The zero-order valence-electron chi connectivity index (χ0n) is 16.6. The SMILES string of the molecule is Cc1cccc(-c2nc(CC(=O)NCC(=O)N3CCc4ccccc43)c(C)o2)c1. The predicted molar refractivity (Wildman–Crippen MR) is 111 cm³/mol. The van der Waals surface area contributed by atoms with Gasteiger partial charge in [0.05, 0.1) is 18.7 Å². The molecular formula is C23H23N3O3. The van der Waals surface area contributed by atoms with Gasteiger partial charge in [-0.3, -0.25) is 9.59 Å². The Morgan fingerprint density at radius 1 is 1.14 bits per heavy atom. The molecule has 2 amide bonds. The number of benzene rings is 2. The van der Waals surface area contributed by atoms with Crippen molar-refractivity contribution in [3.05, 3.63) is 71.1 Å². The number of hydrogen-bond donors (Lipinski definition) is 1. The van der Waals surface area contributed by atoms with E-state index in [2.05, 4.69) is 10.3 Å². The molecule has 6 nitrogen and oxygen atoms in total. The maximum absolute atomic E-state index is 12.5. The Balaban J connectivity index is 1.36. The van der Waals surface area contributed by atoms with E-state index in [0.717, 1.165) is 28.8 Å². The van der Waals surface area contributed by atoms with Gasteiger partial charge in [0.1, 0.15) is 5.76 Å². The number of carbonyl (C=O) groups is 2. The Bertz CT molecular complexity index is 1070. The summed E-state index contributed by atoms with van der Waals surface area (Å²) in [5.74, 6) is 0.744. The standard InChI is InChI=1S/C23H23N3O3/c1-15-6-5-8-18(12-15)23-25-19(16(2)29-23)13-21(27)24-14-22(28)26-11-10-17-7-3-4-9-20(17)26/h3-9,12H,10-11,13-14H2,1-2H3,(H,24,27).